The SMILES string of the molecule is CC[C@@H](CC[C@@H](C)[C@H]1CC[C@H]2[C@@H]3CC=C4CC(=O)CC[C@]4(C)[C@H]3CC[C@]12C)C(C)C. The molecule has 4 aliphatic rings. The standard InChI is InChI=1S/C29H48O/c1-7-21(19(2)3)9-8-20(4)25-12-13-26-24-11-10-22-18-23(30)14-16-28(22,5)27(24)15-17-29(25,26)6/h10,19-21,24-27H,7-9,11-18H2,1-6H3/t20-,21+,24+,25-,26+,27+,28+,29-/m1/s1. The molecule has 4 aliphatic carbocycles. The van der Waals surface area contributed by atoms with Crippen LogP contribution in [-0.2, 0) is 4.79 Å². The van der Waals surface area contributed by atoms with Crippen LogP contribution in [0.4, 0.5) is 0 Å². The van der Waals surface area contributed by atoms with E-state index in [1.54, 1.807) is 0 Å². The fourth-order valence-electron chi connectivity index (χ4n) is 9.14. The van der Waals surface area contributed by atoms with E-state index >= 15 is 0 Å². The fraction of sp³-hybridized carbons (Fsp3) is 0.897. The maximum Gasteiger partial charge on any atom is 0.136 e. The summed E-state index contributed by atoms with van der Waals surface area (Å²) in [7, 11) is 0. The highest BCUT2D eigenvalue weighted by Crippen LogP contribution is 2.67. The molecule has 30 heavy (non-hydrogen) atoms. The van der Waals surface area contributed by atoms with Gasteiger partial charge in [-0.3, -0.25) is 4.79 Å². The minimum absolute atomic E-state index is 0.327. The van der Waals surface area contributed by atoms with Gasteiger partial charge in [0.15, 0.2) is 0 Å². The number of fused-ring (bicyclic) bond motifs is 5. The molecule has 8 atom stereocenters. The zero-order valence-corrected chi connectivity index (χ0v) is 20.8. The Morgan fingerprint density at radius 1 is 1.03 bits per heavy atom. The van der Waals surface area contributed by atoms with Gasteiger partial charge in [0.1, 0.15) is 5.78 Å². The number of Topliss-reactive ketones (excluding diaryl/α,β-unsaturated/α-hetero) is 1. The summed E-state index contributed by atoms with van der Waals surface area (Å²) in [6.07, 6.45) is 16.5. The summed E-state index contributed by atoms with van der Waals surface area (Å²) in [5.74, 6) is 6.66. The molecule has 3 fully saturated rings. The first-order valence-electron chi connectivity index (χ1n) is 13.4. The molecule has 0 spiro atoms. The molecule has 0 aliphatic heterocycles. The Kier molecular flexibility index (Phi) is 6.33. The number of allylic oxidation sites excluding steroid dienone is 2. The predicted octanol–water partition coefficient (Wildman–Crippen LogP) is 8.23. The highest BCUT2D eigenvalue weighted by molar-refractivity contribution is 5.82. The third kappa shape index (κ3) is 3.65. The van der Waals surface area contributed by atoms with Crippen molar-refractivity contribution in [3.63, 3.8) is 0 Å². The second kappa shape index (κ2) is 8.40. The number of hydrogen-bond acceptors (Lipinski definition) is 1. The average molecular weight is 413 g/mol. The van der Waals surface area contributed by atoms with Crippen LogP contribution in [0.1, 0.15) is 112 Å². The van der Waals surface area contributed by atoms with E-state index in [1.165, 1.54) is 56.9 Å². The van der Waals surface area contributed by atoms with Gasteiger partial charge in [-0.1, -0.05) is 66.0 Å². The van der Waals surface area contributed by atoms with E-state index in [0.29, 0.717) is 16.6 Å². The van der Waals surface area contributed by atoms with E-state index in [0.717, 1.165) is 60.7 Å². The van der Waals surface area contributed by atoms with Crippen molar-refractivity contribution in [2.24, 2.45) is 52.3 Å². The lowest BCUT2D eigenvalue weighted by Crippen LogP contribution is -2.50. The van der Waals surface area contributed by atoms with Crippen LogP contribution in [0.15, 0.2) is 11.6 Å². The summed E-state index contributed by atoms with van der Waals surface area (Å²) < 4.78 is 0. The first kappa shape index (κ1) is 22.6. The minimum atomic E-state index is 0.327. The summed E-state index contributed by atoms with van der Waals surface area (Å²) in [4.78, 5) is 12.1. The van der Waals surface area contributed by atoms with Crippen LogP contribution in [0.2, 0.25) is 0 Å². The van der Waals surface area contributed by atoms with Crippen LogP contribution in [-0.4, -0.2) is 5.78 Å². The normalized spacial score (nSPS) is 42.9. The van der Waals surface area contributed by atoms with Crippen molar-refractivity contribution in [2.75, 3.05) is 0 Å². The monoisotopic (exact) mass is 412 g/mol. The molecule has 4 rings (SSSR count). The molecular formula is C29H48O. The van der Waals surface area contributed by atoms with E-state index in [9.17, 15) is 4.79 Å². The van der Waals surface area contributed by atoms with Crippen molar-refractivity contribution < 1.29 is 4.79 Å². The van der Waals surface area contributed by atoms with Gasteiger partial charge in [0.25, 0.3) is 0 Å². The second-order valence-corrected chi connectivity index (χ2v) is 12.7. The molecule has 0 unspecified atom stereocenters. The van der Waals surface area contributed by atoms with Crippen molar-refractivity contribution in [2.45, 2.75) is 112 Å². The molecule has 0 radical (unpaired) electrons. The first-order valence-corrected chi connectivity index (χ1v) is 13.4. The summed E-state index contributed by atoms with van der Waals surface area (Å²) >= 11 is 0. The molecule has 0 amide bonds. The topological polar surface area (TPSA) is 17.1 Å². The number of hydrogen-bond donors (Lipinski definition) is 0. The zero-order chi connectivity index (χ0) is 21.7. The van der Waals surface area contributed by atoms with Crippen molar-refractivity contribution in [3.05, 3.63) is 11.6 Å². The zero-order valence-electron chi connectivity index (χ0n) is 20.8. The van der Waals surface area contributed by atoms with Crippen LogP contribution in [0, 0.1) is 52.3 Å². The van der Waals surface area contributed by atoms with Crippen LogP contribution in [0.3, 0.4) is 0 Å². The van der Waals surface area contributed by atoms with E-state index in [2.05, 4.69) is 47.6 Å². The van der Waals surface area contributed by atoms with Crippen molar-refractivity contribution >= 4 is 5.78 Å². The molecule has 1 nitrogen and oxygen atoms in total. The Hall–Kier alpha value is -0.590. The summed E-state index contributed by atoms with van der Waals surface area (Å²) in [6.45, 7) is 15.0. The number of carbonyl (C=O) groups is 1. The maximum atomic E-state index is 12.1. The highest BCUT2D eigenvalue weighted by atomic mass is 16.1. The van der Waals surface area contributed by atoms with Gasteiger partial charge in [0, 0.05) is 12.8 Å². The van der Waals surface area contributed by atoms with Gasteiger partial charge in [-0.25, -0.2) is 0 Å². The lowest BCUT2D eigenvalue weighted by atomic mass is 9.47. The maximum absolute atomic E-state index is 12.1. The molecule has 0 heterocycles. The Morgan fingerprint density at radius 2 is 1.80 bits per heavy atom. The Balaban J connectivity index is 1.48. The molecule has 3 saturated carbocycles. The molecule has 170 valence electrons. The lowest BCUT2D eigenvalue weighted by molar-refractivity contribution is -0.122. The number of rotatable bonds is 6. The first-order chi connectivity index (χ1) is 14.2. The lowest BCUT2D eigenvalue weighted by Gasteiger charge is -2.58. The molecule has 0 aromatic carbocycles. The van der Waals surface area contributed by atoms with Gasteiger partial charge in [0.2, 0.25) is 0 Å². The van der Waals surface area contributed by atoms with E-state index in [-0.39, 0.29) is 0 Å². The average Bonchev–Trinajstić information content (AvgIpc) is 3.06. The smallest absolute Gasteiger partial charge is 0.136 e. The van der Waals surface area contributed by atoms with Crippen LogP contribution >= 0.6 is 0 Å². The van der Waals surface area contributed by atoms with Crippen LogP contribution in [0.25, 0.3) is 0 Å². The van der Waals surface area contributed by atoms with Gasteiger partial charge in [-0.2, -0.15) is 0 Å². The number of ketones is 1. The van der Waals surface area contributed by atoms with Crippen molar-refractivity contribution in [1.82, 2.24) is 0 Å². The van der Waals surface area contributed by atoms with E-state index in [1.807, 2.05) is 0 Å². The molecule has 0 aromatic rings. The Labute approximate surface area is 186 Å². The quantitative estimate of drug-likeness (QED) is 0.401. The summed E-state index contributed by atoms with van der Waals surface area (Å²) in [5.41, 5.74) is 2.41. The fourth-order valence-corrected chi connectivity index (χ4v) is 9.14. The van der Waals surface area contributed by atoms with Gasteiger partial charge in [-0.15, -0.1) is 0 Å². The summed E-state index contributed by atoms with van der Waals surface area (Å²) in [6, 6.07) is 0. The molecule has 1 heteroatoms. The predicted molar refractivity (Wildman–Crippen MR) is 127 cm³/mol. The van der Waals surface area contributed by atoms with Crippen LogP contribution < -0.4 is 0 Å². The summed E-state index contributed by atoms with van der Waals surface area (Å²) in [5, 5.41) is 0. The largest absolute Gasteiger partial charge is 0.299 e. The second-order valence-electron chi connectivity index (χ2n) is 12.7. The molecular weight excluding hydrogens is 364 g/mol. The van der Waals surface area contributed by atoms with Crippen molar-refractivity contribution in [3.8, 4) is 0 Å². The molecule has 0 aromatic heterocycles. The molecule has 0 N–H and O–H groups in total. The Bertz CT molecular complexity index is 674. The van der Waals surface area contributed by atoms with Crippen molar-refractivity contribution in [1.29, 1.82) is 0 Å². The van der Waals surface area contributed by atoms with Gasteiger partial charge < -0.3 is 0 Å². The highest BCUT2D eigenvalue weighted by Gasteiger charge is 2.59. The third-order valence-corrected chi connectivity index (χ3v) is 11.2. The van der Waals surface area contributed by atoms with Gasteiger partial charge in [0.05, 0.1) is 0 Å². The van der Waals surface area contributed by atoms with Crippen LogP contribution in [0.5, 0.6) is 0 Å². The Morgan fingerprint density at radius 3 is 2.50 bits per heavy atom. The van der Waals surface area contributed by atoms with E-state index in [4.69, 9.17) is 0 Å². The number of carbonyl (C=O) groups excluding carboxylic acids is 1. The van der Waals surface area contributed by atoms with Gasteiger partial charge in [-0.05, 0) is 97.2 Å². The van der Waals surface area contributed by atoms with Gasteiger partial charge >= 0.3 is 0 Å². The molecule has 0 saturated heterocycles. The van der Waals surface area contributed by atoms with E-state index < -0.39 is 0 Å². The minimum Gasteiger partial charge on any atom is -0.299 e. The third-order valence-electron chi connectivity index (χ3n) is 11.2. The molecule has 0 bridgehead atoms.